The maximum atomic E-state index is 13.6. The number of rotatable bonds is 5. The van der Waals surface area contributed by atoms with Crippen LogP contribution >= 0.6 is 0 Å². The van der Waals surface area contributed by atoms with Crippen LogP contribution in [0.25, 0.3) is 11.0 Å². The van der Waals surface area contributed by atoms with E-state index in [1.54, 1.807) is 37.3 Å². The summed E-state index contributed by atoms with van der Waals surface area (Å²) in [5.41, 5.74) is 0.464. The predicted molar refractivity (Wildman–Crippen MR) is 117 cm³/mol. The molecule has 5 rings (SSSR count). The number of nitrogens with zero attached hydrogens (tertiary/aromatic N) is 1. The number of aliphatic hydroxyl groups excluding tert-OH is 1. The van der Waals surface area contributed by atoms with Crippen LogP contribution in [0.2, 0.25) is 0 Å². The average Bonchev–Trinajstić information content (AvgIpc) is 3.50. The molecular formula is C25H18FNO6. The Morgan fingerprint density at radius 3 is 2.52 bits per heavy atom. The van der Waals surface area contributed by atoms with Crippen molar-refractivity contribution in [1.82, 2.24) is 0 Å². The molecule has 1 aliphatic rings. The highest BCUT2D eigenvalue weighted by Gasteiger charge is 2.47. The van der Waals surface area contributed by atoms with Gasteiger partial charge in [0.1, 0.15) is 23.4 Å². The highest BCUT2D eigenvalue weighted by atomic mass is 19.1. The number of methoxy groups -OCH3 is 1. The van der Waals surface area contributed by atoms with Crippen LogP contribution in [0.5, 0.6) is 5.75 Å². The number of hydrogen-bond acceptors (Lipinski definition) is 6. The number of carbonyl (C=O) groups excluding carboxylic acids is 2. The second kappa shape index (κ2) is 7.67. The van der Waals surface area contributed by atoms with Gasteiger partial charge in [0.15, 0.2) is 22.9 Å². The number of fused-ring (bicyclic) bond motifs is 1. The number of para-hydroxylation sites is 1. The van der Waals surface area contributed by atoms with Crippen molar-refractivity contribution in [2.45, 2.75) is 13.0 Å². The highest BCUT2D eigenvalue weighted by Crippen LogP contribution is 2.43. The lowest BCUT2D eigenvalue weighted by Gasteiger charge is -2.24. The fraction of sp³-hybridized carbons (Fsp3) is 0.120. The Bertz CT molecular complexity index is 1430. The molecule has 1 atom stereocenters. The van der Waals surface area contributed by atoms with E-state index in [0.717, 1.165) is 0 Å². The van der Waals surface area contributed by atoms with Crippen LogP contribution in [0.3, 0.4) is 0 Å². The number of aryl methyl sites for hydroxylation is 1. The molecule has 3 heterocycles. The number of hydrogen-bond donors (Lipinski definition) is 1. The third-order valence-electron chi connectivity index (χ3n) is 5.54. The SMILES string of the molecule is COc1cccc2cc(C(=O)C3=C(O)C(=O)N(c4ccc(F)cc4)C3c3ccc(C)o3)oc12. The Hall–Kier alpha value is -4.33. The lowest BCUT2D eigenvalue weighted by molar-refractivity contribution is -0.117. The zero-order valence-corrected chi connectivity index (χ0v) is 17.7. The Morgan fingerprint density at radius 2 is 1.85 bits per heavy atom. The molecule has 166 valence electrons. The first kappa shape index (κ1) is 20.6. The van der Waals surface area contributed by atoms with Crippen LogP contribution in [-0.4, -0.2) is 23.9 Å². The maximum absolute atomic E-state index is 13.6. The van der Waals surface area contributed by atoms with Crippen molar-refractivity contribution in [3.8, 4) is 5.75 Å². The van der Waals surface area contributed by atoms with E-state index in [4.69, 9.17) is 13.6 Å². The zero-order valence-electron chi connectivity index (χ0n) is 17.7. The van der Waals surface area contributed by atoms with Gasteiger partial charge in [-0.25, -0.2) is 4.39 Å². The van der Waals surface area contributed by atoms with Gasteiger partial charge in [0.2, 0.25) is 5.78 Å². The van der Waals surface area contributed by atoms with Gasteiger partial charge in [0, 0.05) is 11.1 Å². The number of ketones is 1. The quantitative estimate of drug-likeness (QED) is 0.419. The molecule has 1 unspecified atom stereocenters. The highest BCUT2D eigenvalue weighted by molar-refractivity contribution is 6.20. The number of ether oxygens (including phenoxy) is 1. The number of aliphatic hydroxyl groups is 1. The summed E-state index contributed by atoms with van der Waals surface area (Å²) in [7, 11) is 1.48. The van der Waals surface area contributed by atoms with Crippen LogP contribution in [0.15, 0.2) is 80.8 Å². The fourth-order valence-corrected chi connectivity index (χ4v) is 4.02. The number of amides is 1. The largest absolute Gasteiger partial charge is 0.503 e. The standard InChI is InChI=1S/C25H18FNO6/c1-13-6-11-17(32-13)21-20(23(29)25(30)27(21)16-9-7-15(26)8-10-16)22(28)19-12-14-4-3-5-18(31-2)24(14)33-19/h3-12,21,29H,1-2H3. The van der Waals surface area contributed by atoms with Crippen molar-refractivity contribution < 1.29 is 32.7 Å². The zero-order chi connectivity index (χ0) is 23.3. The molecule has 4 aromatic rings. The first-order chi connectivity index (χ1) is 15.9. The summed E-state index contributed by atoms with van der Waals surface area (Å²) in [5.74, 6) is -1.50. The molecular weight excluding hydrogens is 429 g/mol. The summed E-state index contributed by atoms with van der Waals surface area (Å²) in [6, 6.07) is 14.1. The summed E-state index contributed by atoms with van der Waals surface area (Å²) in [5, 5.41) is 11.4. The monoisotopic (exact) mass is 447 g/mol. The molecule has 0 aliphatic carbocycles. The Kier molecular flexibility index (Phi) is 4.78. The Balaban J connectivity index is 1.65. The van der Waals surface area contributed by atoms with E-state index < -0.39 is 29.3 Å². The number of Topliss-reactive ketones (excluding diaryl/α,β-unsaturated/α-hetero) is 1. The van der Waals surface area contributed by atoms with Crippen molar-refractivity contribution in [2.75, 3.05) is 12.0 Å². The minimum atomic E-state index is -1.07. The van der Waals surface area contributed by atoms with Crippen LogP contribution in [0.1, 0.15) is 28.1 Å². The molecule has 1 aliphatic heterocycles. The number of furan rings is 2. The van der Waals surface area contributed by atoms with E-state index in [9.17, 15) is 19.1 Å². The molecule has 2 aromatic heterocycles. The topological polar surface area (TPSA) is 93.1 Å². The van der Waals surface area contributed by atoms with Crippen molar-refractivity contribution in [3.05, 3.63) is 95.1 Å². The van der Waals surface area contributed by atoms with Crippen LogP contribution in [0, 0.1) is 12.7 Å². The number of carbonyl (C=O) groups is 2. The van der Waals surface area contributed by atoms with E-state index in [-0.39, 0.29) is 17.1 Å². The minimum absolute atomic E-state index is 0.0712. The molecule has 7 nitrogen and oxygen atoms in total. The molecule has 1 N–H and O–H groups in total. The molecule has 1 amide bonds. The minimum Gasteiger partial charge on any atom is -0.503 e. The third kappa shape index (κ3) is 3.27. The number of benzene rings is 2. The van der Waals surface area contributed by atoms with Crippen molar-refractivity contribution >= 4 is 28.3 Å². The second-order valence-corrected chi connectivity index (χ2v) is 7.58. The molecule has 0 spiro atoms. The lowest BCUT2D eigenvalue weighted by Crippen LogP contribution is -2.30. The van der Waals surface area contributed by atoms with E-state index in [1.165, 1.54) is 42.3 Å². The van der Waals surface area contributed by atoms with Crippen molar-refractivity contribution in [2.24, 2.45) is 0 Å². The van der Waals surface area contributed by atoms with Gasteiger partial charge in [0.25, 0.3) is 5.91 Å². The number of halogens is 1. The van der Waals surface area contributed by atoms with E-state index in [2.05, 4.69) is 0 Å². The molecule has 0 saturated heterocycles. The molecule has 0 radical (unpaired) electrons. The van der Waals surface area contributed by atoms with Gasteiger partial charge in [-0.1, -0.05) is 12.1 Å². The average molecular weight is 447 g/mol. The van der Waals surface area contributed by atoms with E-state index in [1.807, 2.05) is 0 Å². The summed E-state index contributed by atoms with van der Waals surface area (Å²) in [6.07, 6.45) is 0. The first-order valence-electron chi connectivity index (χ1n) is 10.1. The van der Waals surface area contributed by atoms with Gasteiger partial charge in [-0.3, -0.25) is 14.5 Å². The van der Waals surface area contributed by atoms with Gasteiger partial charge in [-0.2, -0.15) is 0 Å². The predicted octanol–water partition coefficient (Wildman–Crippen LogP) is 5.26. The third-order valence-corrected chi connectivity index (χ3v) is 5.54. The first-order valence-corrected chi connectivity index (χ1v) is 10.1. The summed E-state index contributed by atoms with van der Waals surface area (Å²) < 4.78 is 30.3. The molecule has 33 heavy (non-hydrogen) atoms. The van der Waals surface area contributed by atoms with Gasteiger partial charge >= 0.3 is 0 Å². The van der Waals surface area contributed by atoms with E-state index >= 15 is 0 Å². The molecule has 0 bridgehead atoms. The molecule has 2 aromatic carbocycles. The Labute approximate surface area is 187 Å². The van der Waals surface area contributed by atoms with E-state index in [0.29, 0.717) is 28.2 Å². The summed E-state index contributed by atoms with van der Waals surface area (Å²) in [4.78, 5) is 27.8. The van der Waals surface area contributed by atoms with Gasteiger partial charge < -0.3 is 18.7 Å². The normalized spacial score (nSPS) is 16.2. The van der Waals surface area contributed by atoms with Gasteiger partial charge in [-0.05, 0) is 55.5 Å². The second-order valence-electron chi connectivity index (χ2n) is 7.58. The molecule has 0 fully saturated rings. The van der Waals surface area contributed by atoms with Crippen LogP contribution in [0.4, 0.5) is 10.1 Å². The van der Waals surface area contributed by atoms with Crippen molar-refractivity contribution in [1.29, 1.82) is 0 Å². The smallest absolute Gasteiger partial charge is 0.294 e. The molecule has 8 heteroatoms. The fourth-order valence-electron chi connectivity index (χ4n) is 4.02. The van der Waals surface area contributed by atoms with Crippen LogP contribution in [-0.2, 0) is 4.79 Å². The van der Waals surface area contributed by atoms with Crippen molar-refractivity contribution in [3.63, 3.8) is 0 Å². The maximum Gasteiger partial charge on any atom is 0.294 e. The van der Waals surface area contributed by atoms with Crippen LogP contribution < -0.4 is 9.64 Å². The van der Waals surface area contributed by atoms with Gasteiger partial charge in [0.05, 0.1) is 12.7 Å². The summed E-state index contributed by atoms with van der Waals surface area (Å²) >= 11 is 0. The molecule has 0 saturated carbocycles. The van der Waals surface area contributed by atoms with Gasteiger partial charge in [-0.15, -0.1) is 0 Å². The number of anilines is 1. The summed E-state index contributed by atoms with van der Waals surface area (Å²) in [6.45, 7) is 1.72. The Morgan fingerprint density at radius 1 is 1.09 bits per heavy atom. The lowest BCUT2D eigenvalue weighted by atomic mass is 9.99.